The van der Waals surface area contributed by atoms with Gasteiger partial charge in [-0.15, -0.1) is 0 Å². The Bertz CT molecular complexity index is 633. The lowest BCUT2D eigenvalue weighted by Gasteiger charge is -2.36. The van der Waals surface area contributed by atoms with Crippen molar-refractivity contribution in [3.8, 4) is 0 Å². The van der Waals surface area contributed by atoms with Crippen molar-refractivity contribution in [2.24, 2.45) is 0 Å². The number of benzene rings is 1. The molecule has 0 radical (unpaired) electrons. The van der Waals surface area contributed by atoms with Crippen molar-refractivity contribution < 1.29 is 17.6 Å². The van der Waals surface area contributed by atoms with Crippen molar-refractivity contribution in [3.63, 3.8) is 0 Å². The lowest BCUT2D eigenvalue weighted by Crippen LogP contribution is -2.40. The zero-order valence-corrected chi connectivity index (χ0v) is 13.4. The number of hydrogen-bond acceptors (Lipinski definition) is 3. The predicted molar refractivity (Wildman–Crippen MR) is 82.2 cm³/mol. The quantitative estimate of drug-likeness (QED) is 0.896. The molecule has 1 amide bonds. The standard InChI is InChI=1S/C15H21FN2O3S/c1-22(20,21)17-9-8-15(19)18-10-3-2-7-14(18)12-5-4-6-13(16)11-12/h4-6,11,14,17H,2-3,7-10H2,1H3/t14-/m0/s1. The van der Waals surface area contributed by atoms with Crippen molar-refractivity contribution in [2.45, 2.75) is 31.7 Å². The third-order valence-electron chi connectivity index (χ3n) is 3.76. The number of likely N-dealkylation sites (tertiary alicyclic amines) is 1. The summed E-state index contributed by atoms with van der Waals surface area (Å²) in [7, 11) is -3.29. The van der Waals surface area contributed by atoms with E-state index in [9.17, 15) is 17.6 Å². The third kappa shape index (κ3) is 4.78. The third-order valence-corrected chi connectivity index (χ3v) is 4.49. The molecule has 0 spiro atoms. The molecule has 0 saturated carbocycles. The van der Waals surface area contributed by atoms with E-state index in [1.807, 2.05) is 6.07 Å². The molecule has 22 heavy (non-hydrogen) atoms. The second-order valence-electron chi connectivity index (χ2n) is 5.57. The van der Waals surface area contributed by atoms with Gasteiger partial charge >= 0.3 is 0 Å². The highest BCUT2D eigenvalue weighted by Gasteiger charge is 2.27. The lowest BCUT2D eigenvalue weighted by molar-refractivity contribution is -0.134. The fraction of sp³-hybridized carbons (Fsp3) is 0.533. The number of nitrogens with zero attached hydrogens (tertiary/aromatic N) is 1. The summed E-state index contributed by atoms with van der Waals surface area (Å²) in [5, 5.41) is 0. The van der Waals surface area contributed by atoms with E-state index in [1.54, 1.807) is 11.0 Å². The Morgan fingerprint density at radius 3 is 2.86 bits per heavy atom. The van der Waals surface area contributed by atoms with Crippen molar-refractivity contribution >= 4 is 15.9 Å². The van der Waals surface area contributed by atoms with Gasteiger partial charge in [0.05, 0.1) is 12.3 Å². The highest BCUT2D eigenvalue weighted by molar-refractivity contribution is 7.88. The van der Waals surface area contributed by atoms with E-state index in [2.05, 4.69) is 4.72 Å². The van der Waals surface area contributed by atoms with Crippen LogP contribution in [0, 0.1) is 5.82 Å². The molecule has 1 fully saturated rings. The molecule has 0 bridgehead atoms. The number of carbonyl (C=O) groups excluding carboxylic acids is 1. The maximum absolute atomic E-state index is 13.4. The minimum Gasteiger partial charge on any atom is -0.336 e. The van der Waals surface area contributed by atoms with E-state index in [4.69, 9.17) is 0 Å². The number of carbonyl (C=O) groups is 1. The van der Waals surface area contributed by atoms with Gasteiger partial charge in [-0.2, -0.15) is 0 Å². The van der Waals surface area contributed by atoms with E-state index in [0.29, 0.717) is 6.54 Å². The maximum atomic E-state index is 13.4. The van der Waals surface area contributed by atoms with E-state index in [1.165, 1.54) is 12.1 Å². The van der Waals surface area contributed by atoms with Gasteiger partial charge < -0.3 is 4.90 Å². The summed E-state index contributed by atoms with van der Waals surface area (Å²) >= 11 is 0. The van der Waals surface area contributed by atoms with Crippen LogP contribution in [0.3, 0.4) is 0 Å². The van der Waals surface area contributed by atoms with Gasteiger partial charge in [0.15, 0.2) is 0 Å². The second-order valence-corrected chi connectivity index (χ2v) is 7.40. The van der Waals surface area contributed by atoms with Crippen molar-refractivity contribution in [1.29, 1.82) is 0 Å². The van der Waals surface area contributed by atoms with Gasteiger partial charge in [-0.05, 0) is 37.0 Å². The fourth-order valence-electron chi connectivity index (χ4n) is 2.78. The number of sulfonamides is 1. The topological polar surface area (TPSA) is 66.5 Å². The molecule has 1 aliphatic heterocycles. The van der Waals surface area contributed by atoms with Crippen molar-refractivity contribution in [3.05, 3.63) is 35.6 Å². The van der Waals surface area contributed by atoms with Crippen LogP contribution >= 0.6 is 0 Å². The minimum absolute atomic E-state index is 0.0873. The Morgan fingerprint density at radius 2 is 2.18 bits per heavy atom. The summed E-state index contributed by atoms with van der Waals surface area (Å²) in [6, 6.07) is 6.19. The first kappa shape index (κ1) is 16.9. The average molecular weight is 328 g/mol. The van der Waals surface area contributed by atoms with Crippen LogP contribution in [0.2, 0.25) is 0 Å². The molecule has 2 rings (SSSR count). The average Bonchev–Trinajstić information content (AvgIpc) is 2.46. The van der Waals surface area contributed by atoms with Crippen LogP contribution < -0.4 is 4.72 Å². The first-order valence-electron chi connectivity index (χ1n) is 7.36. The number of halogens is 1. The monoisotopic (exact) mass is 328 g/mol. The Morgan fingerprint density at radius 1 is 1.41 bits per heavy atom. The largest absolute Gasteiger partial charge is 0.336 e. The van der Waals surface area contributed by atoms with Gasteiger partial charge in [0.1, 0.15) is 5.82 Å². The molecular formula is C15H21FN2O3S. The SMILES string of the molecule is CS(=O)(=O)NCCC(=O)N1CCCC[C@H]1c1cccc(F)c1. The van der Waals surface area contributed by atoms with Crippen LogP contribution in [0.25, 0.3) is 0 Å². The molecule has 122 valence electrons. The van der Waals surface area contributed by atoms with Gasteiger partial charge in [0.2, 0.25) is 15.9 Å². The van der Waals surface area contributed by atoms with E-state index >= 15 is 0 Å². The molecule has 1 aliphatic rings. The molecule has 0 aliphatic carbocycles. The first-order chi connectivity index (χ1) is 10.4. The van der Waals surface area contributed by atoms with Gasteiger partial charge in [0.25, 0.3) is 0 Å². The summed E-state index contributed by atoms with van der Waals surface area (Å²) in [5.74, 6) is -0.417. The Labute approximate surface area is 130 Å². The number of piperidine rings is 1. The Hall–Kier alpha value is -1.47. The number of nitrogens with one attached hydrogen (secondary N) is 1. The molecule has 0 aromatic heterocycles. The molecule has 7 heteroatoms. The van der Waals surface area contributed by atoms with Gasteiger partial charge in [-0.25, -0.2) is 17.5 Å². The van der Waals surface area contributed by atoms with Gasteiger partial charge in [-0.3, -0.25) is 4.79 Å². The molecule has 1 atom stereocenters. The molecule has 5 nitrogen and oxygen atoms in total. The van der Waals surface area contributed by atoms with Crippen LogP contribution in [-0.4, -0.2) is 38.6 Å². The number of amides is 1. The van der Waals surface area contributed by atoms with E-state index in [0.717, 1.165) is 31.1 Å². The van der Waals surface area contributed by atoms with Crippen LogP contribution in [0.4, 0.5) is 4.39 Å². The molecule has 1 N–H and O–H groups in total. The van der Waals surface area contributed by atoms with Gasteiger partial charge in [0, 0.05) is 19.5 Å². The smallest absolute Gasteiger partial charge is 0.224 e. The Balaban J connectivity index is 2.04. The second kappa shape index (κ2) is 7.19. The molecule has 1 aromatic rings. The molecule has 0 unspecified atom stereocenters. The molecular weight excluding hydrogens is 307 g/mol. The zero-order chi connectivity index (χ0) is 16.2. The van der Waals surface area contributed by atoms with Crippen LogP contribution in [0.5, 0.6) is 0 Å². The summed E-state index contributed by atoms with van der Waals surface area (Å²) < 4.78 is 37.8. The predicted octanol–water partition coefficient (Wildman–Crippen LogP) is 1.82. The van der Waals surface area contributed by atoms with Crippen LogP contribution in [-0.2, 0) is 14.8 Å². The minimum atomic E-state index is -3.29. The Kier molecular flexibility index (Phi) is 5.52. The first-order valence-corrected chi connectivity index (χ1v) is 9.25. The van der Waals surface area contributed by atoms with Crippen LogP contribution in [0.15, 0.2) is 24.3 Å². The summed E-state index contributed by atoms with van der Waals surface area (Å²) in [6.45, 7) is 0.711. The van der Waals surface area contributed by atoms with Gasteiger partial charge in [-0.1, -0.05) is 12.1 Å². The maximum Gasteiger partial charge on any atom is 0.224 e. The summed E-state index contributed by atoms with van der Waals surface area (Å²) in [6.07, 6.45) is 3.88. The highest BCUT2D eigenvalue weighted by atomic mass is 32.2. The fourth-order valence-corrected chi connectivity index (χ4v) is 3.25. The normalized spacial score (nSPS) is 19.2. The van der Waals surface area contributed by atoms with Crippen molar-refractivity contribution in [2.75, 3.05) is 19.3 Å². The van der Waals surface area contributed by atoms with Crippen molar-refractivity contribution in [1.82, 2.24) is 9.62 Å². The summed E-state index contributed by atoms with van der Waals surface area (Å²) in [5.41, 5.74) is 0.795. The van der Waals surface area contributed by atoms with E-state index in [-0.39, 0.29) is 30.7 Å². The summed E-state index contributed by atoms with van der Waals surface area (Å²) in [4.78, 5) is 14.1. The highest BCUT2D eigenvalue weighted by Crippen LogP contribution is 2.31. The van der Waals surface area contributed by atoms with E-state index < -0.39 is 10.0 Å². The lowest BCUT2D eigenvalue weighted by atomic mass is 9.95. The van der Waals surface area contributed by atoms with Crippen LogP contribution in [0.1, 0.15) is 37.3 Å². The molecule has 1 heterocycles. The number of rotatable bonds is 5. The molecule has 1 aromatic carbocycles. The molecule has 1 saturated heterocycles. The zero-order valence-electron chi connectivity index (χ0n) is 12.6. The number of hydrogen-bond donors (Lipinski definition) is 1.